The molecule has 7 heteroatoms. The van der Waals surface area contributed by atoms with Crippen LogP contribution in [0.3, 0.4) is 0 Å². The van der Waals surface area contributed by atoms with E-state index in [9.17, 15) is 18.4 Å². The summed E-state index contributed by atoms with van der Waals surface area (Å²) in [4.78, 5) is 27.3. The highest BCUT2D eigenvalue weighted by Gasteiger charge is 2.25. The van der Waals surface area contributed by atoms with Crippen LogP contribution >= 0.6 is 11.3 Å². The second-order valence-corrected chi connectivity index (χ2v) is 7.47. The number of rotatable bonds is 6. The van der Waals surface area contributed by atoms with Gasteiger partial charge in [0.2, 0.25) is 11.8 Å². The first-order valence-electron chi connectivity index (χ1n) is 8.70. The van der Waals surface area contributed by atoms with Crippen LogP contribution in [0.1, 0.15) is 16.5 Å². The molecule has 0 saturated carbocycles. The second-order valence-electron chi connectivity index (χ2n) is 6.35. The van der Waals surface area contributed by atoms with Gasteiger partial charge >= 0.3 is 0 Å². The van der Waals surface area contributed by atoms with E-state index in [2.05, 4.69) is 0 Å². The number of nitrogens with two attached hydrogens (primary N) is 1. The number of hydrogen-bond donors (Lipinski definition) is 1. The first-order chi connectivity index (χ1) is 13.8. The lowest BCUT2D eigenvalue weighted by molar-refractivity contribution is -0.134. The maximum absolute atomic E-state index is 13.5. The smallest absolute Gasteiger partial charge is 0.247 e. The number of amides is 2. The normalized spacial score (nSPS) is 12.1. The van der Waals surface area contributed by atoms with Gasteiger partial charge in [0.25, 0.3) is 0 Å². The molecule has 29 heavy (non-hydrogen) atoms. The number of nitrogens with zero attached hydrogens (tertiary/aromatic N) is 1. The Kier molecular flexibility index (Phi) is 6.19. The molecule has 0 bridgehead atoms. The molecular formula is C22H18F2N2O2S. The molecule has 0 saturated heterocycles. The van der Waals surface area contributed by atoms with Gasteiger partial charge in [0.1, 0.15) is 17.7 Å². The summed E-state index contributed by atoms with van der Waals surface area (Å²) in [5.74, 6) is -2.03. The lowest BCUT2D eigenvalue weighted by Crippen LogP contribution is -2.38. The molecule has 2 N–H and O–H groups in total. The Hall–Kier alpha value is -3.32. The molecular weight excluding hydrogens is 394 g/mol. The van der Waals surface area contributed by atoms with Crippen LogP contribution in [0, 0.1) is 11.6 Å². The minimum atomic E-state index is -1.08. The summed E-state index contributed by atoms with van der Waals surface area (Å²) >= 11 is 1.44. The third-order valence-electron chi connectivity index (χ3n) is 4.31. The maximum Gasteiger partial charge on any atom is 0.247 e. The molecule has 1 unspecified atom stereocenters. The van der Waals surface area contributed by atoms with Gasteiger partial charge in [-0.05, 0) is 53.6 Å². The molecule has 0 fully saturated rings. The van der Waals surface area contributed by atoms with E-state index in [4.69, 9.17) is 5.73 Å². The van der Waals surface area contributed by atoms with E-state index in [0.29, 0.717) is 5.56 Å². The van der Waals surface area contributed by atoms with Crippen molar-refractivity contribution < 1.29 is 18.4 Å². The molecule has 1 aromatic heterocycles. The van der Waals surface area contributed by atoms with Crippen LogP contribution in [0.5, 0.6) is 0 Å². The molecule has 0 spiro atoms. The van der Waals surface area contributed by atoms with Crippen molar-refractivity contribution in [3.63, 3.8) is 0 Å². The highest BCUT2D eigenvalue weighted by Crippen LogP contribution is 2.29. The number of likely N-dealkylation sites (N-methyl/N-ethyl adjacent to an activating group) is 1. The fourth-order valence-electron chi connectivity index (χ4n) is 2.87. The molecule has 4 nitrogen and oxygen atoms in total. The minimum absolute atomic E-state index is 0.302. The van der Waals surface area contributed by atoms with Crippen LogP contribution in [0.15, 0.2) is 66.7 Å². The number of carbonyl (C=O) groups excluding carboxylic acids is 2. The van der Waals surface area contributed by atoms with Crippen molar-refractivity contribution >= 4 is 29.2 Å². The van der Waals surface area contributed by atoms with Crippen molar-refractivity contribution in [1.82, 2.24) is 4.90 Å². The van der Waals surface area contributed by atoms with E-state index >= 15 is 0 Å². The van der Waals surface area contributed by atoms with Crippen LogP contribution in [-0.2, 0) is 9.59 Å². The van der Waals surface area contributed by atoms with Crippen molar-refractivity contribution in [2.24, 2.45) is 5.73 Å². The number of benzene rings is 2. The van der Waals surface area contributed by atoms with Gasteiger partial charge in [-0.2, -0.15) is 0 Å². The fraction of sp³-hybridized carbons (Fsp3) is 0.0909. The summed E-state index contributed by atoms with van der Waals surface area (Å²) in [6.45, 7) is 0. The third kappa shape index (κ3) is 4.94. The zero-order valence-electron chi connectivity index (χ0n) is 15.5. The molecule has 1 heterocycles. The van der Waals surface area contributed by atoms with Crippen molar-refractivity contribution in [2.45, 2.75) is 6.04 Å². The molecule has 2 amide bonds. The largest absolute Gasteiger partial charge is 0.368 e. The molecule has 0 aliphatic rings. The van der Waals surface area contributed by atoms with Gasteiger partial charge in [-0.25, -0.2) is 8.78 Å². The second kappa shape index (κ2) is 8.79. The van der Waals surface area contributed by atoms with Crippen LogP contribution in [0.4, 0.5) is 8.78 Å². The number of thiophene rings is 1. The molecule has 0 aliphatic carbocycles. The quantitative estimate of drug-likeness (QED) is 0.611. The van der Waals surface area contributed by atoms with Gasteiger partial charge in [-0.3, -0.25) is 9.59 Å². The average Bonchev–Trinajstić information content (AvgIpc) is 3.15. The van der Waals surface area contributed by atoms with Crippen LogP contribution in [0.2, 0.25) is 0 Å². The Morgan fingerprint density at radius 3 is 2.41 bits per heavy atom. The minimum Gasteiger partial charge on any atom is -0.368 e. The van der Waals surface area contributed by atoms with E-state index in [-0.39, 0.29) is 5.82 Å². The lowest BCUT2D eigenvalue weighted by Gasteiger charge is -2.25. The van der Waals surface area contributed by atoms with E-state index in [0.717, 1.165) is 15.3 Å². The first-order valence-corrected chi connectivity index (χ1v) is 9.52. The monoisotopic (exact) mass is 412 g/mol. The molecule has 3 aromatic rings. The molecule has 1 atom stereocenters. The zero-order chi connectivity index (χ0) is 21.0. The Morgan fingerprint density at radius 2 is 1.76 bits per heavy atom. The Morgan fingerprint density at radius 1 is 1.03 bits per heavy atom. The average molecular weight is 412 g/mol. The third-order valence-corrected chi connectivity index (χ3v) is 5.41. The van der Waals surface area contributed by atoms with Gasteiger partial charge in [0.15, 0.2) is 0 Å². The van der Waals surface area contributed by atoms with E-state index in [1.54, 1.807) is 24.3 Å². The van der Waals surface area contributed by atoms with E-state index < -0.39 is 23.7 Å². The van der Waals surface area contributed by atoms with Crippen molar-refractivity contribution in [3.8, 4) is 10.4 Å². The zero-order valence-corrected chi connectivity index (χ0v) is 16.3. The maximum atomic E-state index is 13.5. The predicted octanol–water partition coefficient (Wildman–Crippen LogP) is 4.39. The summed E-state index contributed by atoms with van der Waals surface area (Å²) in [6.07, 6.45) is 2.95. The Labute approximate surface area is 170 Å². The van der Waals surface area contributed by atoms with Gasteiger partial charge in [-0.1, -0.05) is 24.3 Å². The van der Waals surface area contributed by atoms with Gasteiger partial charge in [0.05, 0.1) is 0 Å². The molecule has 0 radical (unpaired) electrons. The Bertz CT molecular complexity index is 1060. The summed E-state index contributed by atoms with van der Waals surface area (Å²) in [7, 11) is 1.44. The molecule has 3 rings (SSSR count). The SMILES string of the molecule is CN(C(=O)/C=C/c1ccc(-c2ccc(F)cc2)s1)C(C(N)=O)c1cccc(F)c1. The Balaban J connectivity index is 1.75. The van der Waals surface area contributed by atoms with Crippen LogP contribution in [-0.4, -0.2) is 23.8 Å². The van der Waals surface area contributed by atoms with E-state index in [1.165, 1.54) is 59.7 Å². The number of primary amides is 1. The van der Waals surface area contributed by atoms with Crippen LogP contribution in [0.25, 0.3) is 16.5 Å². The van der Waals surface area contributed by atoms with E-state index in [1.807, 2.05) is 12.1 Å². The lowest BCUT2D eigenvalue weighted by atomic mass is 10.0. The van der Waals surface area contributed by atoms with Gasteiger partial charge in [-0.15, -0.1) is 11.3 Å². The van der Waals surface area contributed by atoms with Gasteiger partial charge in [0, 0.05) is 22.9 Å². The summed E-state index contributed by atoms with van der Waals surface area (Å²) in [5.41, 5.74) is 6.62. The topological polar surface area (TPSA) is 63.4 Å². The molecule has 148 valence electrons. The number of hydrogen-bond acceptors (Lipinski definition) is 3. The predicted molar refractivity (Wildman–Crippen MR) is 110 cm³/mol. The summed E-state index contributed by atoms with van der Waals surface area (Å²) < 4.78 is 26.6. The first kappa shape index (κ1) is 20.4. The van der Waals surface area contributed by atoms with Crippen LogP contribution < -0.4 is 5.73 Å². The number of carbonyl (C=O) groups is 2. The molecule has 0 aliphatic heterocycles. The summed E-state index contributed by atoms with van der Waals surface area (Å²) in [5, 5.41) is 0. The number of halogens is 2. The van der Waals surface area contributed by atoms with Crippen molar-refractivity contribution in [3.05, 3.63) is 88.8 Å². The van der Waals surface area contributed by atoms with Crippen molar-refractivity contribution in [1.29, 1.82) is 0 Å². The van der Waals surface area contributed by atoms with Crippen molar-refractivity contribution in [2.75, 3.05) is 7.05 Å². The standard InChI is InChI=1S/C22H18F2N2O2S/c1-26(21(22(25)28)15-3-2-4-17(24)13-15)20(27)12-10-18-9-11-19(29-18)14-5-7-16(23)8-6-14/h2-13,21H,1H3,(H2,25,28)/b12-10+. The fourth-order valence-corrected chi connectivity index (χ4v) is 3.78. The highest BCUT2D eigenvalue weighted by atomic mass is 32.1. The summed E-state index contributed by atoms with van der Waals surface area (Å²) in [6, 6.07) is 14.2. The molecule has 2 aromatic carbocycles. The van der Waals surface area contributed by atoms with Gasteiger partial charge < -0.3 is 10.6 Å². The highest BCUT2D eigenvalue weighted by molar-refractivity contribution is 7.16.